The van der Waals surface area contributed by atoms with Gasteiger partial charge in [0.15, 0.2) is 0 Å². The molecular weight excluding hydrogens is 320 g/mol. The molecule has 0 unspecified atom stereocenters. The highest BCUT2D eigenvalue weighted by Gasteiger charge is 2.27. The molecule has 3 aromatic rings. The van der Waals surface area contributed by atoms with Crippen LogP contribution in [0, 0.1) is 12.8 Å². The van der Waals surface area contributed by atoms with Gasteiger partial charge in [-0.1, -0.05) is 48.5 Å². The van der Waals surface area contributed by atoms with Crippen molar-refractivity contribution in [2.24, 2.45) is 5.92 Å². The predicted molar refractivity (Wildman–Crippen MR) is 105 cm³/mol. The summed E-state index contributed by atoms with van der Waals surface area (Å²) in [5.74, 6) is 0.792. The third-order valence-electron chi connectivity index (χ3n) is 5.05. The maximum Gasteiger partial charge on any atom is 0.275 e. The Hall–Kier alpha value is -2.81. The Bertz CT molecular complexity index is 879. The van der Waals surface area contributed by atoms with Gasteiger partial charge in [-0.2, -0.15) is 0 Å². The summed E-state index contributed by atoms with van der Waals surface area (Å²) < 4.78 is 2.20. The molecule has 1 heterocycles. The van der Waals surface area contributed by atoms with E-state index in [4.69, 9.17) is 0 Å². The Kier molecular flexibility index (Phi) is 4.61. The lowest BCUT2D eigenvalue weighted by Gasteiger charge is -2.24. The Morgan fingerprint density at radius 3 is 2.27 bits per heavy atom. The number of hydrogen-bond acceptors (Lipinski definition) is 1. The quantitative estimate of drug-likeness (QED) is 0.614. The van der Waals surface area contributed by atoms with Crippen LogP contribution in [0.25, 0.3) is 0 Å². The van der Waals surface area contributed by atoms with E-state index >= 15 is 0 Å². The number of nitrogens with zero attached hydrogens (tertiary/aromatic N) is 2. The molecule has 1 amide bonds. The predicted octanol–water partition coefficient (Wildman–Crippen LogP) is 5.05. The van der Waals surface area contributed by atoms with Crippen LogP contribution in [-0.2, 0) is 13.1 Å². The molecule has 26 heavy (non-hydrogen) atoms. The highest BCUT2D eigenvalue weighted by molar-refractivity contribution is 6.05. The van der Waals surface area contributed by atoms with Crippen LogP contribution >= 0.6 is 0 Å². The molecule has 0 N–H and O–H groups in total. The maximum atomic E-state index is 13.5. The van der Waals surface area contributed by atoms with Crippen molar-refractivity contribution in [2.45, 2.75) is 32.9 Å². The number of benzene rings is 2. The fourth-order valence-electron chi connectivity index (χ4n) is 3.35. The maximum absolute atomic E-state index is 13.5. The largest absolute Gasteiger partial charge is 0.341 e. The van der Waals surface area contributed by atoms with Crippen molar-refractivity contribution in [1.82, 2.24) is 4.57 Å². The number of carbonyl (C=O) groups excluding carboxylic acids is 1. The number of carbonyl (C=O) groups is 1. The van der Waals surface area contributed by atoms with Crippen LogP contribution in [0.5, 0.6) is 0 Å². The van der Waals surface area contributed by atoms with Crippen LogP contribution in [0.2, 0.25) is 0 Å². The molecular formula is C23H24N2O. The van der Waals surface area contributed by atoms with Gasteiger partial charge >= 0.3 is 0 Å². The fourth-order valence-corrected chi connectivity index (χ4v) is 3.35. The van der Waals surface area contributed by atoms with Gasteiger partial charge in [-0.15, -0.1) is 0 Å². The summed E-state index contributed by atoms with van der Waals surface area (Å²) in [5, 5.41) is 0. The molecule has 2 aromatic carbocycles. The molecule has 1 aromatic heterocycles. The lowest BCUT2D eigenvalue weighted by Crippen LogP contribution is -2.32. The van der Waals surface area contributed by atoms with Crippen LogP contribution in [0.1, 0.15) is 34.6 Å². The number of aryl methyl sites for hydroxylation is 1. The molecule has 0 saturated heterocycles. The summed E-state index contributed by atoms with van der Waals surface area (Å²) in [7, 11) is 0. The molecule has 132 valence electrons. The smallest absolute Gasteiger partial charge is 0.275 e. The second-order valence-corrected chi connectivity index (χ2v) is 7.13. The van der Waals surface area contributed by atoms with E-state index in [9.17, 15) is 4.79 Å². The standard InChI is InChI=1S/C23H24N2O/c1-18-12-15-22(24(18)16-20-13-14-20)23(26)25(21-10-6-3-7-11-21)17-19-8-4-2-5-9-19/h2-12,15,20H,13-14,16-17H2,1H3. The Morgan fingerprint density at radius 1 is 0.962 bits per heavy atom. The van der Waals surface area contributed by atoms with Crippen molar-refractivity contribution in [3.63, 3.8) is 0 Å². The van der Waals surface area contributed by atoms with E-state index in [0.29, 0.717) is 6.54 Å². The van der Waals surface area contributed by atoms with Crippen molar-refractivity contribution in [3.05, 3.63) is 89.7 Å². The van der Waals surface area contributed by atoms with Crippen LogP contribution in [-0.4, -0.2) is 10.5 Å². The number of anilines is 1. The SMILES string of the molecule is Cc1ccc(C(=O)N(Cc2ccccc2)c2ccccc2)n1CC1CC1. The molecule has 0 radical (unpaired) electrons. The summed E-state index contributed by atoms with van der Waals surface area (Å²) in [6.07, 6.45) is 2.55. The highest BCUT2D eigenvalue weighted by Crippen LogP contribution is 2.32. The second kappa shape index (κ2) is 7.20. The minimum atomic E-state index is 0.0637. The molecule has 1 fully saturated rings. The van der Waals surface area contributed by atoms with Crippen molar-refractivity contribution in [1.29, 1.82) is 0 Å². The molecule has 1 aliphatic carbocycles. The Morgan fingerprint density at radius 2 is 1.62 bits per heavy atom. The molecule has 3 nitrogen and oxygen atoms in total. The van der Waals surface area contributed by atoms with Gasteiger partial charge < -0.3 is 9.47 Å². The first-order chi connectivity index (χ1) is 12.7. The van der Waals surface area contributed by atoms with Gasteiger partial charge in [0.25, 0.3) is 5.91 Å². The number of rotatable bonds is 6. The Labute approximate surface area is 154 Å². The normalized spacial score (nSPS) is 13.6. The van der Waals surface area contributed by atoms with Gasteiger partial charge in [0.2, 0.25) is 0 Å². The number of para-hydroxylation sites is 1. The molecule has 0 atom stereocenters. The average Bonchev–Trinajstić information content (AvgIpc) is 3.43. The molecule has 0 bridgehead atoms. The van der Waals surface area contributed by atoms with Crippen LogP contribution in [0.15, 0.2) is 72.8 Å². The van der Waals surface area contributed by atoms with Gasteiger partial charge in [0.05, 0.1) is 6.54 Å². The van der Waals surface area contributed by atoms with Crippen LogP contribution in [0.4, 0.5) is 5.69 Å². The third kappa shape index (κ3) is 3.57. The van der Waals surface area contributed by atoms with E-state index in [1.807, 2.05) is 59.5 Å². The summed E-state index contributed by atoms with van der Waals surface area (Å²) in [5.41, 5.74) is 4.00. The van der Waals surface area contributed by atoms with E-state index in [1.165, 1.54) is 12.8 Å². The molecule has 0 aliphatic heterocycles. The molecule has 1 aliphatic rings. The lowest BCUT2D eigenvalue weighted by atomic mass is 10.2. The number of aromatic nitrogens is 1. The van der Waals surface area contributed by atoms with Crippen LogP contribution in [0.3, 0.4) is 0 Å². The first-order valence-corrected chi connectivity index (χ1v) is 9.29. The van der Waals surface area contributed by atoms with Gasteiger partial charge in [-0.3, -0.25) is 4.79 Å². The first kappa shape index (κ1) is 16.6. The van der Waals surface area contributed by atoms with E-state index in [2.05, 4.69) is 29.7 Å². The van der Waals surface area contributed by atoms with E-state index in [-0.39, 0.29) is 5.91 Å². The van der Waals surface area contributed by atoms with E-state index in [0.717, 1.165) is 35.1 Å². The summed E-state index contributed by atoms with van der Waals surface area (Å²) in [6, 6.07) is 24.1. The minimum Gasteiger partial charge on any atom is -0.341 e. The molecule has 3 heteroatoms. The van der Waals surface area contributed by atoms with Gasteiger partial charge in [-0.05, 0) is 55.5 Å². The van der Waals surface area contributed by atoms with Crippen molar-refractivity contribution in [3.8, 4) is 0 Å². The molecule has 4 rings (SSSR count). The van der Waals surface area contributed by atoms with Crippen LogP contribution < -0.4 is 4.90 Å². The zero-order valence-electron chi connectivity index (χ0n) is 15.1. The minimum absolute atomic E-state index is 0.0637. The fraction of sp³-hybridized carbons (Fsp3) is 0.261. The van der Waals surface area contributed by atoms with Crippen molar-refractivity contribution >= 4 is 11.6 Å². The summed E-state index contributed by atoms with van der Waals surface area (Å²) in [4.78, 5) is 15.4. The summed E-state index contributed by atoms with van der Waals surface area (Å²) in [6.45, 7) is 3.61. The van der Waals surface area contributed by atoms with E-state index < -0.39 is 0 Å². The zero-order valence-corrected chi connectivity index (χ0v) is 15.1. The average molecular weight is 344 g/mol. The lowest BCUT2D eigenvalue weighted by molar-refractivity contribution is 0.0975. The Balaban J connectivity index is 1.68. The second-order valence-electron chi connectivity index (χ2n) is 7.13. The topological polar surface area (TPSA) is 25.2 Å². The van der Waals surface area contributed by atoms with E-state index in [1.54, 1.807) is 0 Å². The highest BCUT2D eigenvalue weighted by atomic mass is 16.2. The zero-order chi connectivity index (χ0) is 17.9. The molecule has 1 saturated carbocycles. The van der Waals surface area contributed by atoms with Crippen molar-refractivity contribution in [2.75, 3.05) is 4.90 Å². The monoisotopic (exact) mass is 344 g/mol. The van der Waals surface area contributed by atoms with Gasteiger partial charge in [0, 0.05) is 17.9 Å². The third-order valence-corrected chi connectivity index (χ3v) is 5.05. The summed E-state index contributed by atoms with van der Waals surface area (Å²) >= 11 is 0. The first-order valence-electron chi connectivity index (χ1n) is 9.29. The van der Waals surface area contributed by atoms with Crippen molar-refractivity contribution < 1.29 is 4.79 Å². The molecule has 0 spiro atoms. The van der Waals surface area contributed by atoms with Gasteiger partial charge in [0.1, 0.15) is 5.69 Å². The number of amides is 1. The number of hydrogen-bond donors (Lipinski definition) is 0. The van der Waals surface area contributed by atoms with Gasteiger partial charge in [-0.25, -0.2) is 0 Å².